The molecule has 0 fully saturated rings. The number of H-pyrrole nitrogens is 1. The van der Waals surface area contributed by atoms with Crippen molar-refractivity contribution in [2.24, 2.45) is 5.73 Å². The molecule has 3 heterocycles. The monoisotopic (exact) mass is 276 g/mol. The number of benzene rings is 1. The van der Waals surface area contributed by atoms with Crippen molar-refractivity contribution in [1.82, 2.24) is 14.4 Å². The van der Waals surface area contributed by atoms with Crippen molar-refractivity contribution in [3.63, 3.8) is 0 Å². The molecule has 0 aliphatic rings. The number of nitrogens with two attached hydrogens (primary N) is 1. The molecule has 0 spiro atoms. The summed E-state index contributed by atoms with van der Waals surface area (Å²) in [6.07, 6.45) is 5.66. The van der Waals surface area contributed by atoms with Gasteiger partial charge < -0.3 is 15.1 Å². The number of fused-ring (bicyclic) bond motifs is 2. The fraction of sp³-hybridized carbons (Fsp3) is 0. The third-order valence-corrected chi connectivity index (χ3v) is 3.60. The Bertz CT molecular complexity index is 980. The van der Waals surface area contributed by atoms with Crippen molar-refractivity contribution >= 4 is 22.5 Å². The van der Waals surface area contributed by atoms with Crippen LogP contribution < -0.4 is 5.73 Å². The van der Waals surface area contributed by atoms with Gasteiger partial charge in [0.05, 0.1) is 11.3 Å². The second-order valence-corrected chi connectivity index (χ2v) is 4.92. The van der Waals surface area contributed by atoms with Gasteiger partial charge in [0.15, 0.2) is 0 Å². The van der Waals surface area contributed by atoms with E-state index in [1.54, 1.807) is 12.1 Å². The maximum absolute atomic E-state index is 11.5. The molecule has 4 aromatic rings. The summed E-state index contributed by atoms with van der Waals surface area (Å²) in [5.74, 6) is -0.473. The molecular weight excluding hydrogens is 264 g/mol. The largest absolute Gasteiger partial charge is 0.365 e. The zero-order valence-corrected chi connectivity index (χ0v) is 11.1. The fourth-order valence-corrected chi connectivity index (χ4v) is 2.56. The van der Waals surface area contributed by atoms with E-state index in [1.165, 1.54) is 0 Å². The van der Waals surface area contributed by atoms with Gasteiger partial charge in [-0.05, 0) is 30.3 Å². The number of nitrogens with zero attached hydrogens (tertiary/aromatic N) is 2. The summed E-state index contributed by atoms with van der Waals surface area (Å²) in [6, 6.07) is 11.6. The van der Waals surface area contributed by atoms with Crippen LogP contribution in [0.5, 0.6) is 0 Å². The molecule has 1 amide bonds. The molecule has 0 aliphatic carbocycles. The van der Waals surface area contributed by atoms with Crippen LogP contribution in [0.3, 0.4) is 0 Å². The lowest BCUT2D eigenvalue weighted by atomic mass is 10.1. The number of primary amides is 1. The minimum absolute atomic E-state index is 0.423. The average Bonchev–Trinajstić information content (AvgIpc) is 3.11. The summed E-state index contributed by atoms with van der Waals surface area (Å²) in [7, 11) is 0. The van der Waals surface area contributed by atoms with Crippen molar-refractivity contribution in [1.29, 1.82) is 0 Å². The number of aromatic nitrogens is 3. The van der Waals surface area contributed by atoms with Gasteiger partial charge in [0.2, 0.25) is 0 Å². The van der Waals surface area contributed by atoms with Crippen LogP contribution in [0.15, 0.2) is 55.0 Å². The number of hydrogen-bond acceptors (Lipinski definition) is 2. The highest BCUT2D eigenvalue weighted by Gasteiger charge is 2.11. The minimum Gasteiger partial charge on any atom is -0.365 e. The summed E-state index contributed by atoms with van der Waals surface area (Å²) in [6.45, 7) is 0. The number of rotatable bonds is 2. The Hall–Kier alpha value is -3.08. The number of aromatic amines is 1. The molecule has 0 atom stereocenters. The Kier molecular flexibility index (Phi) is 2.35. The van der Waals surface area contributed by atoms with Crippen molar-refractivity contribution in [2.75, 3.05) is 0 Å². The van der Waals surface area contributed by atoms with E-state index in [1.807, 2.05) is 41.2 Å². The molecule has 102 valence electrons. The van der Waals surface area contributed by atoms with Gasteiger partial charge in [-0.2, -0.15) is 0 Å². The standard InChI is InChI=1S/C16H12N4O/c17-15(21)12-2-1-7-20-9-14(19-16(12)20)10-3-4-13-11(8-10)5-6-18-13/h1-9,18H,(H2,17,21). The van der Waals surface area contributed by atoms with Crippen molar-refractivity contribution in [3.05, 3.63) is 60.6 Å². The summed E-state index contributed by atoms with van der Waals surface area (Å²) < 4.78 is 1.82. The second-order valence-electron chi connectivity index (χ2n) is 4.92. The smallest absolute Gasteiger partial charge is 0.252 e. The number of carbonyl (C=O) groups excluding carboxylic acids is 1. The lowest BCUT2D eigenvalue weighted by molar-refractivity contribution is 0.100. The molecule has 0 aliphatic heterocycles. The normalized spacial score (nSPS) is 11.2. The molecule has 4 rings (SSSR count). The topological polar surface area (TPSA) is 76.2 Å². The first-order valence-corrected chi connectivity index (χ1v) is 6.57. The van der Waals surface area contributed by atoms with E-state index in [9.17, 15) is 4.79 Å². The van der Waals surface area contributed by atoms with Gasteiger partial charge in [-0.3, -0.25) is 4.79 Å². The van der Waals surface area contributed by atoms with Crippen LogP contribution in [-0.2, 0) is 0 Å². The fourth-order valence-electron chi connectivity index (χ4n) is 2.56. The molecule has 5 heteroatoms. The first-order valence-electron chi connectivity index (χ1n) is 6.57. The lowest BCUT2D eigenvalue weighted by Crippen LogP contribution is -2.12. The quantitative estimate of drug-likeness (QED) is 0.590. The number of nitrogens with one attached hydrogen (secondary N) is 1. The molecule has 5 nitrogen and oxygen atoms in total. The first-order chi connectivity index (χ1) is 10.2. The molecular formula is C16H12N4O. The minimum atomic E-state index is -0.473. The molecule has 0 radical (unpaired) electrons. The third-order valence-electron chi connectivity index (χ3n) is 3.60. The predicted octanol–water partition coefficient (Wildman–Crippen LogP) is 2.58. The van der Waals surface area contributed by atoms with Crippen LogP contribution in [0, 0.1) is 0 Å². The molecule has 3 N–H and O–H groups in total. The van der Waals surface area contributed by atoms with Crippen LogP contribution in [-0.4, -0.2) is 20.3 Å². The average molecular weight is 276 g/mol. The number of imidazole rings is 1. The van der Waals surface area contributed by atoms with Crippen LogP contribution in [0.2, 0.25) is 0 Å². The van der Waals surface area contributed by atoms with Crippen LogP contribution in [0.1, 0.15) is 10.4 Å². The number of amides is 1. The predicted molar refractivity (Wildman–Crippen MR) is 81.0 cm³/mol. The Balaban J connectivity index is 1.93. The maximum atomic E-state index is 11.5. The van der Waals surface area contributed by atoms with Crippen molar-refractivity contribution in [2.45, 2.75) is 0 Å². The zero-order valence-electron chi connectivity index (χ0n) is 11.1. The van der Waals surface area contributed by atoms with E-state index in [0.29, 0.717) is 11.2 Å². The van der Waals surface area contributed by atoms with Gasteiger partial charge >= 0.3 is 0 Å². The molecule has 3 aromatic heterocycles. The first kappa shape index (κ1) is 11.7. The van der Waals surface area contributed by atoms with Crippen LogP contribution >= 0.6 is 0 Å². The van der Waals surface area contributed by atoms with Gasteiger partial charge in [0.1, 0.15) is 5.65 Å². The van der Waals surface area contributed by atoms with Crippen molar-refractivity contribution in [3.8, 4) is 11.3 Å². The van der Waals surface area contributed by atoms with E-state index >= 15 is 0 Å². The molecule has 0 bridgehead atoms. The van der Waals surface area contributed by atoms with Gasteiger partial charge in [-0.1, -0.05) is 6.07 Å². The SMILES string of the molecule is NC(=O)c1cccn2cc(-c3ccc4[nH]ccc4c3)nc12. The summed E-state index contributed by atoms with van der Waals surface area (Å²) in [5.41, 5.74) is 9.29. The summed E-state index contributed by atoms with van der Waals surface area (Å²) in [5, 5.41) is 1.12. The van der Waals surface area contributed by atoms with E-state index in [0.717, 1.165) is 22.2 Å². The van der Waals surface area contributed by atoms with Gasteiger partial charge in [0.25, 0.3) is 5.91 Å². The van der Waals surface area contributed by atoms with Crippen LogP contribution in [0.25, 0.3) is 27.8 Å². The van der Waals surface area contributed by atoms with Crippen molar-refractivity contribution < 1.29 is 4.79 Å². The maximum Gasteiger partial charge on any atom is 0.252 e. The highest BCUT2D eigenvalue weighted by atomic mass is 16.1. The molecule has 0 unspecified atom stereocenters. The van der Waals surface area contributed by atoms with Crippen LogP contribution in [0.4, 0.5) is 0 Å². The number of carbonyl (C=O) groups is 1. The highest BCUT2D eigenvalue weighted by Crippen LogP contribution is 2.24. The Labute approximate surface area is 120 Å². The molecule has 1 aromatic carbocycles. The third kappa shape index (κ3) is 1.79. The highest BCUT2D eigenvalue weighted by molar-refractivity contribution is 5.99. The number of pyridine rings is 1. The van der Waals surface area contributed by atoms with E-state index in [2.05, 4.69) is 16.0 Å². The number of hydrogen-bond donors (Lipinski definition) is 2. The summed E-state index contributed by atoms with van der Waals surface area (Å²) in [4.78, 5) is 19.2. The zero-order chi connectivity index (χ0) is 14.4. The van der Waals surface area contributed by atoms with E-state index in [4.69, 9.17) is 5.73 Å². The van der Waals surface area contributed by atoms with Gasteiger partial charge in [-0.25, -0.2) is 4.98 Å². The molecule has 21 heavy (non-hydrogen) atoms. The van der Waals surface area contributed by atoms with Gasteiger partial charge in [-0.15, -0.1) is 0 Å². The van der Waals surface area contributed by atoms with E-state index in [-0.39, 0.29) is 0 Å². The van der Waals surface area contributed by atoms with Gasteiger partial charge in [0, 0.05) is 35.1 Å². The Morgan fingerprint density at radius 1 is 1.24 bits per heavy atom. The molecule has 0 saturated heterocycles. The summed E-state index contributed by atoms with van der Waals surface area (Å²) >= 11 is 0. The second kappa shape index (κ2) is 4.21. The lowest BCUT2D eigenvalue weighted by Gasteiger charge is -1.97. The Morgan fingerprint density at radius 2 is 2.14 bits per heavy atom. The molecule has 0 saturated carbocycles. The van der Waals surface area contributed by atoms with E-state index < -0.39 is 5.91 Å². The Morgan fingerprint density at radius 3 is 3.00 bits per heavy atom.